The van der Waals surface area contributed by atoms with Gasteiger partial charge in [0.1, 0.15) is 5.01 Å². The third kappa shape index (κ3) is 3.34. The zero-order chi connectivity index (χ0) is 14.0. The Balaban J connectivity index is 2.48. The van der Waals surface area contributed by atoms with Crippen LogP contribution >= 0.6 is 27.3 Å². The predicted octanol–water partition coefficient (Wildman–Crippen LogP) is 4.09. The second kappa shape index (κ2) is 5.60. The third-order valence-electron chi connectivity index (χ3n) is 2.47. The fraction of sp³-hybridized carbons (Fsp3) is 0.250. The molecule has 0 bridgehead atoms. The van der Waals surface area contributed by atoms with Crippen molar-refractivity contribution < 1.29 is 13.2 Å². The van der Waals surface area contributed by atoms with Gasteiger partial charge in [-0.25, -0.2) is 4.98 Å². The first-order chi connectivity index (χ1) is 8.91. The average molecular weight is 351 g/mol. The van der Waals surface area contributed by atoms with Gasteiger partial charge in [0.05, 0.1) is 11.3 Å². The van der Waals surface area contributed by atoms with Gasteiger partial charge in [0.25, 0.3) is 0 Å². The average Bonchev–Trinajstić information content (AvgIpc) is 2.77. The Morgan fingerprint density at radius 1 is 1.32 bits per heavy atom. The summed E-state index contributed by atoms with van der Waals surface area (Å²) in [4.78, 5) is 4.20. The van der Waals surface area contributed by atoms with E-state index < -0.39 is 11.7 Å². The molecule has 0 fully saturated rings. The quantitative estimate of drug-likeness (QED) is 0.905. The number of alkyl halides is 3. The molecule has 0 spiro atoms. The van der Waals surface area contributed by atoms with Gasteiger partial charge in [0.2, 0.25) is 0 Å². The molecule has 0 saturated carbocycles. The van der Waals surface area contributed by atoms with Crippen molar-refractivity contribution in [3.63, 3.8) is 0 Å². The number of aromatic nitrogens is 1. The topological polar surface area (TPSA) is 38.9 Å². The van der Waals surface area contributed by atoms with Crippen molar-refractivity contribution in [1.82, 2.24) is 4.98 Å². The SMILES string of the molecule is NCCc1csc(-c2ccc(Br)cc2C(F)(F)F)n1. The molecule has 0 saturated heterocycles. The first kappa shape index (κ1) is 14.5. The standard InChI is InChI=1S/C12H10BrF3N2S/c13-7-1-2-9(10(5-7)12(14,15)16)11-18-8(3-4-17)6-19-11/h1-2,5-6H,3-4,17H2. The Hall–Kier alpha value is -0.920. The van der Waals surface area contributed by atoms with E-state index in [1.54, 1.807) is 11.4 Å². The predicted molar refractivity (Wildman–Crippen MR) is 73.0 cm³/mol. The summed E-state index contributed by atoms with van der Waals surface area (Å²) in [5.74, 6) is 0. The van der Waals surface area contributed by atoms with Gasteiger partial charge >= 0.3 is 6.18 Å². The summed E-state index contributed by atoms with van der Waals surface area (Å²) in [7, 11) is 0. The fourth-order valence-corrected chi connectivity index (χ4v) is 2.89. The number of nitrogens with zero attached hydrogens (tertiary/aromatic N) is 1. The largest absolute Gasteiger partial charge is 0.417 e. The van der Waals surface area contributed by atoms with Gasteiger partial charge < -0.3 is 5.73 Å². The zero-order valence-electron chi connectivity index (χ0n) is 9.67. The number of nitrogens with two attached hydrogens (primary N) is 1. The minimum absolute atomic E-state index is 0.101. The van der Waals surface area contributed by atoms with E-state index in [1.165, 1.54) is 17.4 Å². The van der Waals surface area contributed by atoms with Crippen molar-refractivity contribution in [3.05, 3.63) is 39.3 Å². The summed E-state index contributed by atoms with van der Waals surface area (Å²) in [6.45, 7) is 0.426. The minimum atomic E-state index is -4.40. The number of hydrogen-bond acceptors (Lipinski definition) is 3. The molecule has 0 unspecified atom stereocenters. The zero-order valence-corrected chi connectivity index (χ0v) is 12.1. The molecule has 2 rings (SSSR count). The van der Waals surface area contributed by atoms with E-state index >= 15 is 0 Å². The molecular formula is C12H10BrF3N2S. The monoisotopic (exact) mass is 350 g/mol. The van der Waals surface area contributed by atoms with E-state index in [2.05, 4.69) is 20.9 Å². The van der Waals surface area contributed by atoms with Crippen molar-refractivity contribution in [2.24, 2.45) is 5.73 Å². The van der Waals surface area contributed by atoms with Crippen LogP contribution in [-0.2, 0) is 12.6 Å². The van der Waals surface area contributed by atoms with Gasteiger partial charge in [-0.05, 0) is 18.7 Å². The van der Waals surface area contributed by atoms with Crippen LogP contribution in [-0.4, -0.2) is 11.5 Å². The lowest BCUT2D eigenvalue weighted by atomic mass is 10.1. The smallest absolute Gasteiger partial charge is 0.330 e. The van der Waals surface area contributed by atoms with Gasteiger partial charge in [0, 0.05) is 21.8 Å². The van der Waals surface area contributed by atoms with E-state index in [-0.39, 0.29) is 5.56 Å². The van der Waals surface area contributed by atoms with E-state index in [0.29, 0.717) is 22.4 Å². The Bertz CT molecular complexity index is 581. The molecule has 0 aliphatic carbocycles. The number of thiazole rings is 1. The van der Waals surface area contributed by atoms with Gasteiger partial charge in [0.15, 0.2) is 0 Å². The summed E-state index contributed by atoms with van der Waals surface area (Å²) in [5.41, 5.74) is 5.54. The fourth-order valence-electron chi connectivity index (χ4n) is 1.63. The first-order valence-electron chi connectivity index (χ1n) is 5.43. The van der Waals surface area contributed by atoms with E-state index in [4.69, 9.17) is 5.73 Å². The summed E-state index contributed by atoms with van der Waals surface area (Å²) < 4.78 is 39.4. The molecule has 0 atom stereocenters. The lowest BCUT2D eigenvalue weighted by molar-refractivity contribution is -0.137. The van der Waals surface area contributed by atoms with Gasteiger partial charge in [-0.2, -0.15) is 13.2 Å². The normalized spacial score (nSPS) is 11.8. The molecule has 0 aliphatic heterocycles. The molecule has 19 heavy (non-hydrogen) atoms. The van der Waals surface area contributed by atoms with Crippen LogP contribution < -0.4 is 5.73 Å². The number of hydrogen-bond donors (Lipinski definition) is 1. The highest BCUT2D eigenvalue weighted by molar-refractivity contribution is 9.10. The van der Waals surface area contributed by atoms with Crippen molar-refractivity contribution in [3.8, 4) is 10.6 Å². The molecule has 1 aromatic heterocycles. The maximum Gasteiger partial charge on any atom is 0.417 e. The van der Waals surface area contributed by atoms with Gasteiger partial charge in [-0.15, -0.1) is 11.3 Å². The van der Waals surface area contributed by atoms with Crippen LogP contribution in [0.1, 0.15) is 11.3 Å². The van der Waals surface area contributed by atoms with Crippen LogP contribution in [0, 0.1) is 0 Å². The minimum Gasteiger partial charge on any atom is -0.330 e. The van der Waals surface area contributed by atoms with Gasteiger partial charge in [-0.1, -0.05) is 22.0 Å². The van der Waals surface area contributed by atoms with Gasteiger partial charge in [-0.3, -0.25) is 0 Å². The number of rotatable bonds is 3. The Labute approximate surface area is 120 Å². The molecule has 2 N–H and O–H groups in total. The van der Waals surface area contributed by atoms with Crippen molar-refractivity contribution in [1.29, 1.82) is 0 Å². The highest BCUT2D eigenvalue weighted by Crippen LogP contribution is 2.39. The summed E-state index contributed by atoms with van der Waals surface area (Å²) >= 11 is 4.25. The van der Waals surface area contributed by atoms with Crippen molar-refractivity contribution >= 4 is 27.3 Å². The highest BCUT2D eigenvalue weighted by Gasteiger charge is 2.34. The first-order valence-corrected chi connectivity index (χ1v) is 7.10. The Kier molecular flexibility index (Phi) is 4.27. The van der Waals surface area contributed by atoms with Crippen LogP contribution in [0.2, 0.25) is 0 Å². The summed E-state index contributed by atoms with van der Waals surface area (Å²) in [6, 6.07) is 4.08. The van der Waals surface area contributed by atoms with Crippen LogP contribution in [0.25, 0.3) is 10.6 Å². The van der Waals surface area contributed by atoms with Crippen LogP contribution in [0.15, 0.2) is 28.1 Å². The lowest BCUT2D eigenvalue weighted by Crippen LogP contribution is -2.07. The molecule has 1 heterocycles. The van der Waals surface area contributed by atoms with E-state index in [9.17, 15) is 13.2 Å². The van der Waals surface area contributed by atoms with Crippen LogP contribution in [0.4, 0.5) is 13.2 Å². The highest BCUT2D eigenvalue weighted by atomic mass is 79.9. The summed E-state index contributed by atoms with van der Waals surface area (Å²) in [6.07, 6.45) is -3.84. The number of benzene rings is 1. The van der Waals surface area contributed by atoms with Crippen LogP contribution in [0.5, 0.6) is 0 Å². The molecule has 0 radical (unpaired) electrons. The van der Waals surface area contributed by atoms with E-state index in [0.717, 1.165) is 11.8 Å². The summed E-state index contributed by atoms with van der Waals surface area (Å²) in [5, 5.41) is 2.10. The molecule has 1 aromatic carbocycles. The molecule has 2 nitrogen and oxygen atoms in total. The second-order valence-corrected chi connectivity index (χ2v) is 5.64. The third-order valence-corrected chi connectivity index (χ3v) is 3.89. The Morgan fingerprint density at radius 3 is 2.68 bits per heavy atom. The number of halogens is 4. The molecule has 0 amide bonds. The van der Waals surface area contributed by atoms with Crippen molar-refractivity contribution in [2.75, 3.05) is 6.54 Å². The molecule has 2 aromatic rings. The van der Waals surface area contributed by atoms with Crippen molar-refractivity contribution in [2.45, 2.75) is 12.6 Å². The van der Waals surface area contributed by atoms with Crippen LogP contribution in [0.3, 0.4) is 0 Å². The van der Waals surface area contributed by atoms with E-state index in [1.807, 2.05) is 0 Å². The molecule has 102 valence electrons. The molecule has 0 aliphatic rings. The molecule has 7 heteroatoms. The maximum absolute atomic E-state index is 13.0. The lowest BCUT2D eigenvalue weighted by Gasteiger charge is -2.11. The second-order valence-electron chi connectivity index (χ2n) is 3.87. The Morgan fingerprint density at radius 2 is 2.05 bits per heavy atom. The molecular weight excluding hydrogens is 341 g/mol. The maximum atomic E-state index is 13.0.